The van der Waals surface area contributed by atoms with Crippen LogP contribution in [0.3, 0.4) is 0 Å². The highest BCUT2D eigenvalue weighted by molar-refractivity contribution is 7.99. The van der Waals surface area contributed by atoms with E-state index in [0.29, 0.717) is 35.4 Å². The maximum Gasteiger partial charge on any atom is 0.416 e. The molecule has 34 heavy (non-hydrogen) atoms. The SMILES string of the molecule is CCn1c(SCC(=O)Nc2cc(C(F)(F)F)cc(C(F)(F)F)c2)nnc1-c1ccc(OC)cc1. The van der Waals surface area contributed by atoms with Crippen molar-refractivity contribution in [1.29, 1.82) is 0 Å². The van der Waals surface area contributed by atoms with Crippen LogP contribution < -0.4 is 10.1 Å². The Bertz CT molecular complexity index is 1130. The third-order valence-electron chi connectivity index (χ3n) is 4.59. The van der Waals surface area contributed by atoms with Gasteiger partial charge in [-0.2, -0.15) is 26.3 Å². The first-order chi connectivity index (χ1) is 15.9. The molecule has 0 unspecified atom stereocenters. The van der Waals surface area contributed by atoms with Gasteiger partial charge in [-0.3, -0.25) is 4.79 Å². The smallest absolute Gasteiger partial charge is 0.416 e. The molecule has 6 nitrogen and oxygen atoms in total. The summed E-state index contributed by atoms with van der Waals surface area (Å²) in [4.78, 5) is 12.3. The van der Waals surface area contributed by atoms with Crippen LogP contribution in [0.15, 0.2) is 47.6 Å². The Morgan fingerprint density at radius 2 is 1.59 bits per heavy atom. The van der Waals surface area contributed by atoms with Crippen molar-refractivity contribution in [3.63, 3.8) is 0 Å². The Labute approximate surface area is 194 Å². The number of benzene rings is 2. The normalized spacial score (nSPS) is 12.0. The highest BCUT2D eigenvalue weighted by Crippen LogP contribution is 2.37. The van der Waals surface area contributed by atoms with Gasteiger partial charge in [0.25, 0.3) is 0 Å². The average molecular weight is 504 g/mol. The molecule has 0 aliphatic carbocycles. The van der Waals surface area contributed by atoms with Crippen molar-refractivity contribution < 1.29 is 35.9 Å². The molecule has 1 amide bonds. The zero-order chi connectivity index (χ0) is 25.1. The number of hydrogen-bond acceptors (Lipinski definition) is 5. The van der Waals surface area contributed by atoms with Crippen LogP contribution in [0.1, 0.15) is 18.1 Å². The van der Waals surface area contributed by atoms with Gasteiger partial charge in [-0.05, 0) is 49.4 Å². The number of aromatic nitrogens is 3. The lowest BCUT2D eigenvalue weighted by Crippen LogP contribution is -2.17. The van der Waals surface area contributed by atoms with Crippen molar-refractivity contribution in [1.82, 2.24) is 14.8 Å². The number of nitrogens with zero attached hydrogens (tertiary/aromatic N) is 3. The third-order valence-corrected chi connectivity index (χ3v) is 5.55. The minimum Gasteiger partial charge on any atom is -0.497 e. The number of nitrogens with one attached hydrogen (secondary N) is 1. The van der Waals surface area contributed by atoms with Gasteiger partial charge in [0.1, 0.15) is 5.75 Å². The lowest BCUT2D eigenvalue weighted by Gasteiger charge is -2.14. The number of carbonyl (C=O) groups is 1. The molecule has 0 bridgehead atoms. The van der Waals surface area contributed by atoms with E-state index in [1.165, 1.54) is 7.11 Å². The molecule has 1 heterocycles. The summed E-state index contributed by atoms with van der Waals surface area (Å²) in [5.41, 5.74) is -2.89. The zero-order valence-corrected chi connectivity index (χ0v) is 18.6. The number of thioether (sulfide) groups is 1. The summed E-state index contributed by atoms with van der Waals surface area (Å²) in [5, 5.41) is 10.6. The zero-order valence-electron chi connectivity index (χ0n) is 17.8. The molecule has 0 aliphatic heterocycles. The van der Waals surface area contributed by atoms with Crippen LogP contribution in [-0.2, 0) is 23.7 Å². The summed E-state index contributed by atoms with van der Waals surface area (Å²) in [5.74, 6) is 0.0777. The number of ether oxygens (including phenoxy) is 1. The number of halogens is 6. The Balaban J connectivity index is 1.75. The van der Waals surface area contributed by atoms with E-state index in [1.54, 1.807) is 28.8 Å². The molecule has 0 radical (unpaired) electrons. The van der Waals surface area contributed by atoms with Gasteiger partial charge in [0, 0.05) is 17.8 Å². The maximum atomic E-state index is 13.0. The molecule has 0 fully saturated rings. The number of carbonyl (C=O) groups excluding carboxylic acids is 1. The predicted molar refractivity (Wildman–Crippen MR) is 113 cm³/mol. The fraction of sp³-hybridized carbons (Fsp3) is 0.286. The van der Waals surface area contributed by atoms with E-state index in [-0.39, 0.29) is 11.8 Å². The summed E-state index contributed by atoms with van der Waals surface area (Å²) < 4.78 is 84.9. The molecule has 3 rings (SSSR count). The Morgan fingerprint density at radius 3 is 2.09 bits per heavy atom. The molecule has 0 atom stereocenters. The van der Waals surface area contributed by atoms with Crippen molar-refractivity contribution in [2.75, 3.05) is 18.2 Å². The number of amides is 1. The summed E-state index contributed by atoms with van der Waals surface area (Å²) >= 11 is 0.950. The van der Waals surface area contributed by atoms with Gasteiger partial charge in [0.15, 0.2) is 11.0 Å². The first-order valence-electron chi connectivity index (χ1n) is 9.72. The van der Waals surface area contributed by atoms with Gasteiger partial charge in [-0.1, -0.05) is 11.8 Å². The fourth-order valence-electron chi connectivity index (χ4n) is 2.99. The second kappa shape index (κ2) is 9.95. The van der Waals surface area contributed by atoms with Crippen molar-refractivity contribution in [2.24, 2.45) is 0 Å². The number of hydrogen-bond donors (Lipinski definition) is 1. The maximum absolute atomic E-state index is 13.0. The van der Waals surface area contributed by atoms with Gasteiger partial charge in [0.2, 0.25) is 5.91 Å². The quantitative estimate of drug-likeness (QED) is 0.328. The number of anilines is 1. The first-order valence-corrected chi connectivity index (χ1v) is 10.7. The van der Waals surface area contributed by atoms with Crippen LogP contribution in [0.4, 0.5) is 32.0 Å². The topological polar surface area (TPSA) is 69.0 Å². The molecule has 0 spiro atoms. The van der Waals surface area contributed by atoms with Gasteiger partial charge < -0.3 is 14.6 Å². The second-order valence-electron chi connectivity index (χ2n) is 6.91. The third kappa shape index (κ3) is 6.01. The Morgan fingerprint density at radius 1 is 1.00 bits per heavy atom. The van der Waals surface area contributed by atoms with Gasteiger partial charge in [-0.15, -0.1) is 10.2 Å². The van der Waals surface area contributed by atoms with Crippen molar-refractivity contribution >= 4 is 23.4 Å². The van der Waals surface area contributed by atoms with E-state index in [9.17, 15) is 31.1 Å². The first kappa shape index (κ1) is 25.4. The molecule has 3 aromatic rings. The van der Waals surface area contributed by atoms with E-state index in [0.717, 1.165) is 17.3 Å². The van der Waals surface area contributed by atoms with Crippen molar-refractivity contribution in [3.05, 3.63) is 53.6 Å². The van der Waals surface area contributed by atoms with Crippen LogP contribution in [0.5, 0.6) is 5.75 Å². The number of rotatable bonds is 7. The number of alkyl halides is 6. The molecule has 0 saturated heterocycles. The van der Waals surface area contributed by atoms with E-state index in [2.05, 4.69) is 15.5 Å². The van der Waals surface area contributed by atoms with Crippen LogP contribution in [-0.4, -0.2) is 33.5 Å². The minimum absolute atomic E-state index is 0.00513. The lowest BCUT2D eigenvalue weighted by molar-refractivity contribution is -0.143. The monoisotopic (exact) mass is 504 g/mol. The average Bonchev–Trinajstić information content (AvgIpc) is 3.19. The predicted octanol–water partition coefficient (Wildman–Crippen LogP) is 5.74. The van der Waals surface area contributed by atoms with Crippen molar-refractivity contribution in [3.8, 4) is 17.1 Å². The summed E-state index contributed by atoms with van der Waals surface area (Å²) in [6.45, 7) is 2.29. The van der Waals surface area contributed by atoms with Crippen LogP contribution in [0, 0.1) is 0 Å². The molecule has 1 aromatic heterocycles. The van der Waals surface area contributed by atoms with Gasteiger partial charge >= 0.3 is 12.4 Å². The molecular weight excluding hydrogens is 486 g/mol. The molecule has 2 aromatic carbocycles. The van der Waals surface area contributed by atoms with Crippen LogP contribution in [0.25, 0.3) is 11.4 Å². The van der Waals surface area contributed by atoms with Crippen molar-refractivity contribution in [2.45, 2.75) is 31.0 Å². The lowest BCUT2D eigenvalue weighted by atomic mass is 10.1. The molecule has 13 heteroatoms. The van der Waals surface area contributed by atoms with Gasteiger partial charge in [0.05, 0.1) is 24.0 Å². The largest absolute Gasteiger partial charge is 0.497 e. The highest BCUT2D eigenvalue weighted by Gasteiger charge is 2.37. The molecule has 1 N–H and O–H groups in total. The highest BCUT2D eigenvalue weighted by atomic mass is 32.2. The molecule has 0 saturated carbocycles. The minimum atomic E-state index is -5.01. The molecule has 0 aliphatic rings. The molecule has 182 valence electrons. The number of methoxy groups -OCH3 is 1. The summed E-state index contributed by atoms with van der Waals surface area (Å²) in [6, 6.07) is 7.95. The summed E-state index contributed by atoms with van der Waals surface area (Å²) in [7, 11) is 1.53. The van der Waals surface area contributed by atoms with E-state index < -0.39 is 35.1 Å². The van der Waals surface area contributed by atoms with E-state index >= 15 is 0 Å². The van der Waals surface area contributed by atoms with E-state index in [4.69, 9.17) is 4.74 Å². The summed E-state index contributed by atoms with van der Waals surface area (Å²) in [6.07, 6.45) is -10.0. The standard InChI is InChI=1S/C21H18F6N4O2S/c1-3-31-18(12-4-6-16(33-2)7-5-12)29-30-19(31)34-11-17(32)28-15-9-13(20(22,23)24)8-14(10-15)21(25,26)27/h4-10H,3,11H2,1-2H3,(H,28,32). The van der Waals surface area contributed by atoms with Gasteiger partial charge in [-0.25, -0.2) is 0 Å². The Kier molecular flexibility index (Phi) is 7.44. The molecular formula is C21H18F6N4O2S. The Hall–Kier alpha value is -3.22. The van der Waals surface area contributed by atoms with E-state index in [1.807, 2.05) is 6.92 Å². The van der Waals surface area contributed by atoms with Crippen LogP contribution >= 0.6 is 11.8 Å². The van der Waals surface area contributed by atoms with Crippen LogP contribution in [0.2, 0.25) is 0 Å². The fourth-order valence-corrected chi connectivity index (χ4v) is 3.79. The second-order valence-corrected chi connectivity index (χ2v) is 7.85.